The van der Waals surface area contributed by atoms with Gasteiger partial charge in [0.05, 0.1) is 12.1 Å². The monoisotopic (exact) mass is 535 g/mol. The maximum Gasteiger partial charge on any atom is 0.416 e. The highest BCUT2D eigenvalue weighted by molar-refractivity contribution is 5.91. The number of urea groups is 1. The summed E-state index contributed by atoms with van der Waals surface area (Å²) in [6.07, 6.45) is -5.15. The highest BCUT2D eigenvalue weighted by Gasteiger charge is 2.48. The van der Waals surface area contributed by atoms with Crippen LogP contribution in [0.4, 0.5) is 22.4 Å². The van der Waals surface area contributed by atoms with E-state index in [1.165, 1.54) is 32.9 Å². The standard InChI is InChI=1S/C26H29F4N5O3/c1-16-9-18(11-19(10-16)26(28,29)30)13-32-25(38)34-8-6-23(36)35-21(5-7-31)24(37)33(15-22(34)35)14-17-3-2-4-20(27)12-17/h2-4,9-12,21-22H,5-8,13-15,31H2,1H3,(H,32,38)/t21-,22+/m0/s1. The third-order valence-electron chi connectivity index (χ3n) is 6.72. The van der Waals surface area contributed by atoms with Crippen molar-refractivity contribution in [2.24, 2.45) is 5.73 Å². The average molecular weight is 536 g/mol. The molecule has 2 aromatic rings. The van der Waals surface area contributed by atoms with Crippen LogP contribution in [0.15, 0.2) is 42.5 Å². The fourth-order valence-corrected chi connectivity index (χ4v) is 5.06. The maximum absolute atomic E-state index is 13.7. The van der Waals surface area contributed by atoms with Gasteiger partial charge in [0, 0.05) is 26.1 Å². The van der Waals surface area contributed by atoms with E-state index in [0.717, 1.165) is 12.1 Å². The van der Waals surface area contributed by atoms with Gasteiger partial charge in [-0.3, -0.25) is 9.59 Å². The minimum absolute atomic E-state index is 0.00174. The van der Waals surface area contributed by atoms with Crippen LogP contribution in [-0.4, -0.2) is 64.4 Å². The van der Waals surface area contributed by atoms with Gasteiger partial charge in [-0.05, 0) is 55.3 Å². The molecule has 0 aliphatic carbocycles. The number of nitrogens with one attached hydrogen (secondary N) is 1. The molecule has 4 amide bonds. The predicted octanol–water partition coefficient (Wildman–Crippen LogP) is 2.98. The zero-order chi connectivity index (χ0) is 27.6. The Balaban J connectivity index is 1.55. The van der Waals surface area contributed by atoms with E-state index in [-0.39, 0.29) is 62.9 Å². The molecule has 3 N–H and O–H groups in total. The van der Waals surface area contributed by atoms with E-state index in [1.54, 1.807) is 19.1 Å². The zero-order valence-electron chi connectivity index (χ0n) is 20.8. The molecule has 204 valence electrons. The van der Waals surface area contributed by atoms with Gasteiger partial charge >= 0.3 is 12.2 Å². The van der Waals surface area contributed by atoms with Crippen LogP contribution in [0.25, 0.3) is 0 Å². The van der Waals surface area contributed by atoms with Crippen LogP contribution < -0.4 is 11.1 Å². The number of hydrogen-bond acceptors (Lipinski definition) is 4. The number of rotatable bonds is 6. The van der Waals surface area contributed by atoms with Crippen LogP contribution in [-0.2, 0) is 28.9 Å². The lowest BCUT2D eigenvalue weighted by Gasteiger charge is -2.52. The summed E-state index contributed by atoms with van der Waals surface area (Å²) in [5, 5.41) is 2.66. The lowest BCUT2D eigenvalue weighted by atomic mass is 10.0. The predicted molar refractivity (Wildman–Crippen MR) is 130 cm³/mol. The van der Waals surface area contributed by atoms with Crippen LogP contribution in [0.3, 0.4) is 0 Å². The Kier molecular flexibility index (Phi) is 7.91. The van der Waals surface area contributed by atoms with Crippen molar-refractivity contribution in [1.29, 1.82) is 0 Å². The fraction of sp³-hybridized carbons (Fsp3) is 0.423. The molecule has 2 fully saturated rings. The SMILES string of the molecule is Cc1cc(CNC(=O)N2CCC(=O)N3[C@@H]2CN(Cc2cccc(F)c2)C(=O)[C@@H]3CCN)cc(C(F)(F)F)c1. The Morgan fingerprint density at radius 2 is 1.89 bits per heavy atom. The average Bonchev–Trinajstić information content (AvgIpc) is 2.84. The van der Waals surface area contributed by atoms with E-state index in [4.69, 9.17) is 5.73 Å². The lowest BCUT2D eigenvalue weighted by molar-refractivity contribution is -0.167. The van der Waals surface area contributed by atoms with Crippen molar-refractivity contribution in [3.63, 3.8) is 0 Å². The summed E-state index contributed by atoms with van der Waals surface area (Å²) in [4.78, 5) is 43.7. The molecule has 2 heterocycles. The quantitative estimate of drug-likeness (QED) is 0.556. The number of fused-ring (bicyclic) bond motifs is 1. The van der Waals surface area contributed by atoms with E-state index < -0.39 is 35.8 Å². The number of carbonyl (C=O) groups is 3. The summed E-state index contributed by atoms with van der Waals surface area (Å²) in [6.45, 7) is 1.66. The van der Waals surface area contributed by atoms with Crippen LogP contribution in [0, 0.1) is 12.7 Å². The number of nitrogens with two attached hydrogens (primary N) is 1. The van der Waals surface area contributed by atoms with Gasteiger partial charge in [0.2, 0.25) is 11.8 Å². The zero-order valence-corrected chi connectivity index (χ0v) is 20.8. The second-order valence-electron chi connectivity index (χ2n) is 9.53. The molecule has 4 rings (SSSR count). The van der Waals surface area contributed by atoms with Gasteiger partial charge in [-0.15, -0.1) is 0 Å². The molecule has 38 heavy (non-hydrogen) atoms. The summed E-state index contributed by atoms with van der Waals surface area (Å²) in [5.74, 6) is -1.08. The molecule has 2 aromatic carbocycles. The molecule has 2 aliphatic heterocycles. The Hall–Kier alpha value is -3.67. The third-order valence-corrected chi connectivity index (χ3v) is 6.72. The summed E-state index contributed by atoms with van der Waals surface area (Å²) >= 11 is 0. The van der Waals surface area contributed by atoms with Gasteiger partial charge in [-0.1, -0.05) is 23.8 Å². The number of aryl methyl sites for hydroxylation is 1. The number of carbonyl (C=O) groups excluding carboxylic acids is 3. The van der Waals surface area contributed by atoms with Crippen LogP contribution in [0.2, 0.25) is 0 Å². The van der Waals surface area contributed by atoms with Crippen molar-refractivity contribution in [2.75, 3.05) is 19.6 Å². The van der Waals surface area contributed by atoms with Crippen molar-refractivity contribution in [2.45, 2.75) is 51.2 Å². The second-order valence-corrected chi connectivity index (χ2v) is 9.53. The smallest absolute Gasteiger partial charge is 0.334 e. The molecule has 0 saturated carbocycles. The topological polar surface area (TPSA) is 99.0 Å². The van der Waals surface area contributed by atoms with Crippen molar-refractivity contribution >= 4 is 17.8 Å². The first-order valence-electron chi connectivity index (χ1n) is 12.2. The van der Waals surface area contributed by atoms with Crippen LogP contribution >= 0.6 is 0 Å². The Bertz CT molecular complexity index is 1220. The summed E-state index contributed by atoms with van der Waals surface area (Å²) in [6, 6.07) is 7.91. The Labute approximate surface area is 217 Å². The van der Waals surface area contributed by atoms with Crippen LogP contribution in [0.1, 0.15) is 35.1 Å². The molecule has 2 aliphatic rings. The van der Waals surface area contributed by atoms with Crippen molar-refractivity contribution in [3.8, 4) is 0 Å². The van der Waals surface area contributed by atoms with E-state index in [2.05, 4.69) is 5.32 Å². The van der Waals surface area contributed by atoms with E-state index in [9.17, 15) is 31.9 Å². The molecule has 12 heteroatoms. The van der Waals surface area contributed by atoms with Gasteiger partial charge in [-0.25, -0.2) is 9.18 Å². The molecule has 0 radical (unpaired) electrons. The number of nitrogens with zero attached hydrogens (tertiary/aromatic N) is 3. The highest BCUT2D eigenvalue weighted by atomic mass is 19.4. The maximum atomic E-state index is 13.7. The molecule has 0 spiro atoms. The Morgan fingerprint density at radius 1 is 1.13 bits per heavy atom. The Morgan fingerprint density at radius 3 is 2.58 bits per heavy atom. The largest absolute Gasteiger partial charge is 0.416 e. The lowest BCUT2D eigenvalue weighted by Crippen LogP contribution is -2.72. The van der Waals surface area contributed by atoms with Gasteiger partial charge in [-0.2, -0.15) is 13.2 Å². The van der Waals surface area contributed by atoms with Crippen molar-refractivity contribution < 1.29 is 31.9 Å². The van der Waals surface area contributed by atoms with Crippen molar-refractivity contribution in [3.05, 3.63) is 70.5 Å². The number of alkyl halides is 3. The summed E-state index contributed by atoms with van der Waals surface area (Å²) < 4.78 is 53.4. The van der Waals surface area contributed by atoms with E-state index >= 15 is 0 Å². The highest BCUT2D eigenvalue weighted by Crippen LogP contribution is 2.31. The fourth-order valence-electron chi connectivity index (χ4n) is 5.06. The van der Waals surface area contributed by atoms with E-state index in [0.29, 0.717) is 11.1 Å². The first kappa shape index (κ1) is 27.4. The first-order chi connectivity index (χ1) is 18.0. The minimum atomic E-state index is -4.52. The van der Waals surface area contributed by atoms with Gasteiger partial charge in [0.25, 0.3) is 0 Å². The number of halogens is 4. The summed E-state index contributed by atoms with van der Waals surface area (Å²) in [5.41, 5.74) is 6.17. The molecule has 8 nitrogen and oxygen atoms in total. The van der Waals surface area contributed by atoms with Gasteiger partial charge in [0.1, 0.15) is 18.0 Å². The number of amides is 4. The molecular formula is C26H29F4N5O3. The van der Waals surface area contributed by atoms with E-state index in [1.807, 2.05) is 0 Å². The number of benzene rings is 2. The van der Waals surface area contributed by atoms with Gasteiger partial charge in [0.15, 0.2) is 0 Å². The first-order valence-corrected chi connectivity index (χ1v) is 12.2. The normalized spacial score (nSPS) is 20.0. The summed E-state index contributed by atoms with van der Waals surface area (Å²) in [7, 11) is 0. The number of hydrogen-bond donors (Lipinski definition) is 2. The molecule has 0 unspecified atom stereocenters. The number of piperazine rings is 1. The molecule has 0 bridgehead atoms. The minimum Gasteiger partial charge on any atom is -0.334 e. The molecular weight excluding hydrogens is 506 g/mol. The molecule has 2 atom stereocenters. The van der Waals surface area contributed by atoms with Crippen molar-refractivity contribution in [1.82, 2.24) is 20.0 Å². The third kappa shape index (κ3) is 5.90. The van der Waals surface area contributed by atoms with Gasteiger partial charge < -0.3 is 25.8 Å². The molecule has 2 saturated heterocycles. The second kappa shape index (κ2) is 11.0. The van der Waals surface area contributed by atoms with Crippen LogP contribution in [0.5, 0.6) is 0 Å². The molecule has 0 aromatic heterocycles.